The molecule has 3 nitrogen and oxygen atoms in total. The van der Waals surface area contributed by atoms with Gasteiger partial charge >= 0.3 is 24.9 Å². The Hall–Kier alpha value is -4.76. The van der Waals surface area contributed by atoms with Crippen LogP contribution in [0.4, 0.5) is 57.1 Å². The van der Waals surface area contributed by atoms with E-state index in [1.54, 1.807) is 0 Å². The highest BCUT2D eigenvalue weighted by molar-refractivity contribution is 5.95. The zero-order chi connectivity index (χ0) is 35.8. The average molecular weight is 687 g/mol. The summed E-state index contributed by atoms with van der Waals surface area (Å²) in [6.45, 7) is 6.13. The van der Waals surface area contributed by atoms with Gasteiger partial charge < -0.3 is 10.1 Å². The lowest BCUT2D eigenvalue weighted by molar-refractivity contribution is -0.274. The van der Waals surface area contributed by atoms with Crippen molar-refractivity contribution in [3.8, 4) is 0 Å². The van der Waals surface area contributed by atoms with Gasteiger partial charge in [-0.1, -0.05) is 55.6 Å². The second kappa shape index (κ2) is 15.2. The van der Waals surface area contributed by atoms with Gasteiger partial charge in [-0.15, -0.1) is 0 Å². The molecule has 0 radical (unpaired) electrons. The number of amides is 1. The van der Waals surface area contributed by atoms with Crippen molar-refractivity contribution < 1.29 is 66.6 Å². The van der Waals surface area contributed by atoms with Crippen LogP contribution in [-0.2, 0) is 17.3 Å². The van der Waals surface area contributed by atoms with Crippen LogP contribution in [0.2, 0.25) is 0 Å². The Labute approximate surface area is 258 Å². The number of ether oxygens (including phenoxy) is 1. The van der Waals surface area contributed by atoms with Crippen molar-refractivity contribution >= 4 is 5.91 Å². The van der Waals surface area contributed by atoms with Crippen molar-refractivity contribution in [1.82, 2.24) is 5.32 Å². The molecule has 47 heavy (non-hydrogen) atoms. The minimum atomic E-state index is -5.25. The molecule has 2 aromatic rings. The number of alkyl halides is 10. The molecule has 254 valence electrons. The fourth-order valence-electron chi connectivity index (χ4n) is 3.64. The monoisotopic (exact) mass is 687 g/mol. The Morgan fingerprint density at radius 1 is 0.936 bits per heavy atom. The largest absolute Gasteiger partial charge is 0.460 e. The third kappa shape index (κ3) is 10.9. The average Bonchev–Trinajstić information content (AvgIpc) is 2.95. The molecule has 1 atom stereocenters. The molecule has 0 aliphatic heterocycles. The first-order valence-corrected chi connectivity index (χ1v) is 12.7. The molecule has 0 fully saturated rings. The predicted molar refractivity (Wildman–Crippen MR) is 145 cm³/mol. The van der Waals surface area contributed by atoms with Crippen molar-refractivity contribution in [2.24, 2.45) is 0 Å². The van der Waals surface area contributed by atoms with Crippen molar-refractivity contribution in [2.75, 3.05) is 0 Å². The molecule has 2 aromatic carbocycles. The van der Waals surface area contributed by atoms with Crippen LogP contribution in [0.1, 0.15) is 21.5 Å². The summed E-state index contributed by atoms with van der Waals surface area (Å²) in [4.78, 5) is 13.3. The van der Waals surface area contributed by atoms with Crippen molar-refractivity contribution in [2.45, 2.75) is 36.8 Å². The van der Waals surface area contributed by atoms with Gasteiger partial charge in [0.05, 0.1) is 22.9 Å². The van der Waals surface area contributed by atoms with Gasteiger partial charge in [-0.2, -0.15) is 43.9 Å². The molecular weight excluding hydrogens is 665 g/mol. The van der Waals surface area contributed by atoms with E-state index in [-0.39, 0.29) is 30.0 Å². The third-order valence-corrected chi connectivity index (χ3v) is 6.04. The third-order valence-electron chi connectivity index (χ3n) is 6.04. The van der Waals surface area contributed by atoms with Gasteiger partial charge in [-0.05, 0) is 41.5 Å². The molecule has 1 N–H and O–H groups in total. The van der Waals surface area contributed by atoms with Gasteiger partial charge in [-0.3, -0.25) is 4.79 Å². The molecule has 0 aliphatic rings. The van der Waals surface area contributed by atoms with E-state index in [0.717, 1.165) is 6.08 Å². The number of carbonyl (C=O) groups excluding carboxylic acids is 1. The van der Waals surface area contributed by atoms with Crippen molar-refractivity contribution in [1.29, 1.82) is 0 Å². The molecule has 0 unspecified atom stereocenters. The highest BCUT2D eigenvalue weighted by Crippen LogP contribution is 2.34. The summed E-state index contributed by atoms with van der Waals surface area (Å²) in [6.07, 6.45) is -18.2. The van der Waals surface area contributed by atoms with Gasteiger partial charge in [-0.25, -0.2) is 13.2 Å². The van der Waals surface area contributed by atoms with Gasteiger partial charge in [0.1, 0.15) is 17.5 Å². The van der Waals surface area contributed by atoms with E-state index in [4.69, 9.17) is 0 Å². The Morgan fingerprint density at radius 2 is 1.55 bits per heavy atom. The summed E-state index contributed by atoms with van der Waals surface area (Å²) < 4.78 is 176. The van der Waals surface area contributed by atoms with Gasteiger partial charge in [0.15, 0.2) is 0 Å². The quantitative estimate of drug-likeness (QED) is 0.129. The van der Waals surface area contributed by atoms with Crippen LogP contribution >= 0.6 is 0 Å². The number of hydrogen-bond donors (Lipinski definition) is 1. The Balaban J connectivity index is 2.73. The van der Waals surface area contributed by atoms with Crippen LogP contribution in [0.15, 0.2) is 121 Å². The molecule has 0 aliphatic carbocycles. The first kappa shape index (κ1) is 38.4. The van der Waals surface area contributed by atoms with E-state index >= 15 is 0 Å². The number of hydrogen-bond acceptors (Lipinski definition) is 2. The minimum Gasteiger partial charge on any atom is -0.436 e. The normalized spacial score (nSPS) is 14.9. The van der Waals surface area contributed by atoms with E-state index < -0.39 is 82.5 Å². The molecule has 0 aromatic heterocycles. The van der Waals surface area contributed by atoms with E-state index in [1.165, 1.54) is 30.3 Å². The SMILES string of the molecule is C=C(/C(F)=C\C=C\[C@@](Cc1ccccc1)(NC(=O)c1ccc(F)c(C(F)(F)F)c1)C(=C)/C=C(F)\C=C\OC(F)(F)C(F)F)C(F)(F)F. The summed E-state index contributed by atoms with van der Waals surface area (Å²) >= 11 is 0. The molecule has 1 amide bonds. The smallest absolute Gasteiger partial charge is 0.436 e. The topological polar surface area (TPSA) is 38.3 Å². The van der Waals surface area contributed by atoms with Crippen LogP contribution < -0.4 is 5.32 Å². The summed E-state index contributed by atoms with van der Waals surface area (Å²) in [5.74, 6) is -6.58. The number of nitrogens with one attached hydrogen (secondary N) is 1. The second-order valence-corrected chi connectivity index (χ2v) is 9.47. The van der Waals surface area contributed by atoms with E-state index in [2.05, 4.69) is 23.2 Å². The van der Waals surface area contributed by atoms with Crippen LogP contribution in [-0.4, -0.2) is 30.2 Å². The van der Waals surface area contributed by atoms with Crippen molar-refractivity contribution in [3.05, 3.63) is 144 Å². The van der Waals surface area contributed by atoms with Crippen LogP contribution in [0.25, 0.3) is 0 Å². The Bertz CT molecular complexity index is 1570. The summed E-state index contributed by atoms with van der Waals surface area (Å²) in [6, 6.07) is 8.41. The highest BCUT2D eigenvalue weighted by atomic mass is 19.4. The van der Waals surface area contributed by atoms with Crippen LogP contribution in [0.3, 0.4) is 0 Å². The summed E-state index contributed by atoms with van der Waals surface area (Å²) in [5.41, 5.74) is -7.16. The predicted octanol–water partition coefficient (Wildman–Crippen LogP) is 9.88. The van der Waals surface area contributed by atoms with Crippen molar-refractivity contribution in [3.63, 3.8) is 0 Å². The first-order valence-electron chi connectivity index (χ1n) is 12.7. The van der Waals surface area contributed by atoms with E-state index in [0.29, 0.717) is 24.3 Å². The van der Waals surface area contributed by atoms with E-state index in [9.17, 15) is 61.9 Å². The molecule has 0 saturated heterocycles. The number of benzene rings is 2. The molecule has 2 rings (SSSR count). The number of halogens is 13. The molecule has 0 saturated carbocycles. The lowest BCUT2D eigenvalue weighted by Gasteiger charge is -2.33. The fraction of sp³-hybridized carbons (Fsp3) is 0.194. The maximum Gasteiger partial charge on any atom is 0.460 e. The van der Waals surface area contributed by atoms with Gasteiger partial charge in [0, 0.05) is 18.1 Å². The number of carbonyl (C=O) groups is 1. The molecule has 0 spiro atoms. The van der Waals surface area contributed by atoms with E-state index in [1.807, 2.05) is 0 Å². The zero-order valence-corrected chi connectivity index (χ0v) is 23.5. The standard InChI is InChI=1S/C31H22F13NO2/c1-18(15-22(32)12-14-47-31(43,44)27(35)36)28(17-20-7-4-3-5-8-20,13-6-9-24(33)19(2)29(37,38)39)45-26(46)21-10-11-25(34)23(16-21)30(40,41)42/h3-16,27H,1-2,17H2,(H,45,46)/b13-6+,14-12+,22-15+,24-9+/t28-/m0/s1. The maximum absolute atomic E-state index is 14.8. The number of allylic oxidation sites excluding steroid dienone is 6. The maximum atomic E-state index is 14.8. The fourth-order valence-corrected chi connectivity index (χ4v) is 3.64. The Kier molecular flexibility index (Phi) is 12.4. The van der Waals surface area contributed by atoms with Crippen LogP contribution in [0, 0.1) is 5.82 Å². The summed E-state index contributed by atoms with van der Waals surface area (Å²) in [7, 11) is 0. The Morgan fingerprint density at radius 3 is 2.11 bits per heavy atom. The van der Waals surface area contributed by atoms with Gasteiger partial charge in [0.2, 0.25) is 0 Å². The molecular formula is C31H22F13NO2. The molecule has 16 heteroatoms. The second-order valence-electron chi connectivity index (χ2n) is 9.47. The number of rotatable bonds is 13. The minimum absolute atomic E-state index is 0.128. The van der Waals surface area contributed by atoms with Crippen LogP contribution in [0.5, 0.6) is 0 Å². The lowest BCUT2D eigenvalue weighted by atomic mass is 9.82. The highest BCUT2D eigenvalue weighted by Gasteiger charge is 2.43. The van der Waals surface area contributed by atoms with Gasteiger partial charge in [0.25, 0.3) is 5.91 Å². The first-order chi connectivity index (χ1) is 21.6. The molecule has 0 bridgehead atoms. The zero-order valence-electron chi connectivity index (χ0n) is 23.5. The lowest BCUT2D eigenvalue weighted by Crippen LogP contribution is -2.50. The molecule has 0 heterocycles. The summed E-state index contributed by atoms with van der Waals surface area (Å²) in [5, 5.41) is 2.23.